The topological polar surface area (TPSA) is 39.1 Å². The second kappa shape index (κ2) is 4.23. The Morgan fingerprint density at radius 3 is 2.93 bits per heavy atom. The van der Waals surface area contributed by atoms with Gasteiger partial charge in [0.25, 0.3) is 0 Å². The van der Waals surface area contributed by atoms with Gasteiger partial charge in [-0.15, -0.1) is 0 Å². The van der Waals surface area contributed by atoms with Gasteiger partial charge in [-0.2, -0.15) is 5.10 Å². The predicted octanol–water partition coefficient (Wildman–Crippen LogP) is 1.28. The fourth-order valence-electron chi connectivity index (χ4n) is 2.54. The summed E-state index contributed by atoms with van der Waals surface area (Å²) in [6.07, 6.45) is 5.46. The SMILES string of the molecule is CNC1CCC(c2c(OC)cnn2C)C1. The van der Waals surface area contributed by atoms with E-state index in [2.05, 4.69) is 10.4 Å². The molecule has 0 aliphatic heterocycles. The highest BCUT2D eigenvalue weighted by molar-refractivity contribution is 5.29. The van der Waals surface area contributed by atoms with Gasteiger partial charge in [-0.3, -0.25) is 4.68 Å². The molecule has 1 heterocycles. The summed E-state index contributed by atoms with van der Waals surface area (Å²) in [6, 6.07) is 0.648. The first-order valence-electron chi connectivity index (χ1n) is 5.49. The van der Waals surface area contributed by atoms with E-state index in [1.807, 2.05) is 25.0 Å². The summed E-state index contributed by atoms with van der Waals surface area (Å²) < 4.78 is 7.29. The number of aryl methyl sites for hydroxylation is 1. The predicted molar refractivity (Wildman–Crippen MR) is 59.2 cm³/mol. The summed E-state index contributed by atoms with van der Waals surface area (Å²) in [4.78, 5) is 0. The lowest BCUT2D eigenvalue weighted by molar-refractivity contribution is 0.402. The molecule has 84 valence electrons. The molecule has 1 fully saturated rings. The molecule has 2 rings (SSSR count). The van der Waals surface area contributed by atoms with E-state index in [4.69, 9.17) is 4.74 Å². The number of ether oxygens (including phenoxy) is 1. The highest BCUT2D eigenvalue weighted by Gasteiger charge is 2.29. The normalized spacial score (nSPS) is 25.8. The zero-order valence-corrected chi connectivity index (χ0v) is 9.66. The van der Waals surface area contributed by atoms with Gasteiger partial charge in [0.2, 0.25) is 0 Å². The van der Waals surface area contributed by atoms with Crippen LogP contribution < -0.4 is 10.1 Å². The lowest BCUT2D eigenvalue weighted by Crippen LogP contribution is -2.21. The van der Waals surface area contributed by atoms with E-state index in [1.165, 1.54) is 25.0 Å². The average Bonchev–Trinajstić information content (AvgIpc) is 2.83. The van der Waals surface area contributed by atoms with Gasteiger partial charge in [-0.25, -0.2) is 0 Å². The third-order valence-corrected chi connectivity index (χ3v) is 3.40. The van der Waals surface area contributed by atoms with Gasteiger partial charge >= 0.3 is 0 Å². The van der Waals surface area contributed by atoms with Crippen molar-refractivity contribution in [3.63, 3.8) is 0 Å². The van der Waals surface area contributed by atoms with E-state index in [0.29, 0.717) is 12.0 Å². The molecule has 1 aromatic rings. The largest absolute Gasteiger partial charge is 0.493 e. The van der Waals surface area contributed by atoms with Crippen LogP contribution in [0.4, 0.5) is 0 Å². The summed E-state index contributed by atoms with van der Waals surface area (Å²) in [5.41, 5.74) is 1.25. The van der Waals surface area contributed by atoms with Crippen LogP contribution in [-0.2, 0) is 7.05 Å². The molecule has 0 radical (unpaired) electrons. The molecule has 0 aromatic carbocycles. The van der Waals surface area contributed by atoms with Crippen LogP contribution in [0.1, 0.15) is 30.9 Å². The summed E-state index contributed by atoms with van der Waals surface area (Å²) in [6.45, 7) is 0. The Hall–Kier alpha value is -1.03. The van der Waals surface area contributed by atoms with Gasteiger partial charge in [0, 0.05) is 19.0 Å². The summed E-state index contributed by atoms with van der Waals surface area (Å²) in [5, 5.41) is 7.60. The lowest BCUT2D eigenvalue weighted by atomic mass is 10.0. The molecule has 1 aromatic heterocycles. The molecule has 0 spiro atoms. The van der Waals surface area contributed by atoms with Crippen molar-refractivity contribution < 1.29 is 4.74 Å². The van der Waals surface area contributed by atoms with Crippen LogP contribution in [0.25, 0.3) is 0 Å². The van der Waals surface area contributed by atoms with Crippen LogP contribution in [0.2, 0.25) is 0 Å². The molecule has 4 nitrogen and oxygen atoms in total. The summed E-state index contributed by atoms with van der Waals surface area (Å²) in [5.74, 6) is 1.52. The molecule has 0 saturated heterocycles. The number of aromatic nitrogens is 2. The van der Waals surface area contributed by atoms with Crippen molar-refractivity contribution in [1.82, 2.24) is 15.1 Å². The van der Waals surface area contributed by atoms with Gasteiger partial charge in [-0.05, 0) is 26.3 Å². The molecular formula is C11H19N3O. The van der Waals surface area contributed by atoms with Crippen molar-refractivity contribution in [2.75, 3.05) is 14.2 Å². The quantitative estimate of drug-likeness (QED) is 0.815. The van der Waals surface area contributed by atoms with E-state index in [-0.39, 0.29) is 0 Å². The molecule has 1 N–H and O–H groups in total. The van der Waals surface area contributed by atoms with Crippen LogP contribution in [-0.4, -0.2) is 30.0 Å². The molecule has 2 atom stereocenters. The highest BCUT2D eigenvalue weighted by Crippen LogP contribution is 2.38. The second-order valence-electron chi connectivity index (χ2n) is 4.22. The van der Waals surface area contributed by atoms with Crippen LogP contribution in [0.5, 0.6) is 5.75 Å². The Bertz CT molecular complexity index is 335. The maximum Gasteiger partial charge on any atom is 0.160 e. The van der Waals surface area contributed by atoms with Crippen molar-refractivity contribution >= 4 is 0 Å². The number of hydrogen-bond donors (Lipinski definition) is 1. The van der Waals surface area contributed by atoms with Crippen LogP contribution >= 0.6 is 0 Å². The number of nitrogens with one attached hydrogen (secondary N) is 1. The van der Waals surface area contributed by atoms with Crippen LogP contribution in [0, 0.1) is 0 Å². The standard InChI is InChI=1S/C11H19N3O/c1-12-9-5-4-8(6-9)11-10(15-3)7-13-14(11)2/h7-9,12H,4-6H2,1-3H3. The second-order valence-corrected chi connectivity index (χ2v) is 4.22. The van der Waals surface area contributed by atoms with Crippen molar-refractivity contribution in [3.05, 3.63) is 11.9 Å². The third-order valence-electron chi connectivity index (χ3n) is 3.40. The smallest absolute Gasteiger partial charge is 0.160 e. The first-order valence-corrected chi connectivity index (χ1v) is 5.49. The number of hydrogen-bond acceptors (Lipinski definition) is 3. The molecule has 1 saturated carbocycles. The molecule has 1 aliphatic rings. The minimum absolute atomic E-state index is 0.588. The maximum atomic E-state index is 5.34. The Morgan fingerprint density at radius 1 is 1.53 bits per heavy atom. The third kappa shape index (κ3) is 1.86. The molecule has 0 bridgehead atoms. The van der Waals surface area contributed by atoms with Crippen LogP contribution in [0.3, 0.4) is 0 Å². The molecule has 0 amide bonds. The van der Waals surface area contributed by atoms with Gasteiger partial charge in [0.15, 0.2) is 5.75 Å². The Kier molecular flexibility index (Phi) is 2.95. The van der Waals surface area contributed by atoms with Gasteiger partial charge in [-0.1, -0.05) is 0 Å². The highest BCUT2D eigenvalue weighted by atomic mass is 16.5. The van der Waals surface area contributed by atoms with Gasteiger partial charge in [0.05, 0.1) is 19.0 Å². The van der Waals surface area contributed by atoms with E-state index in [0.717, 1.165) is 5.75 Å². The minimum atomic E-state index is 0.588. The molecule has 2 unspecified atom stereocenters. The van der Waals surface area contributed by atoms with E-state index in [9.17, 15) is 0 Å². The van der Waals surface area contributed by atoms with Crippen molar-refractivity contribution in [2.24, 2.45) is 7.05 Å². The minimum Gasteiger partial charge on any atom is -0.493 e. The average molecular weight is 209 g/mol. The number of nitrogens with zero attached hydrogens (tertiary/aromatic N) is 2. The van der Waals surface area contributed by atoms with E-state index < -0.39 is 0 Å². The molecule has 4 heteroatoms. The summed E-state index contributed by atoms with van der Waals surface area (Å²) in [7, 11) is 5.74. The van der Waals surface area contributed by atoms with Crippen LogP contribution in [0.15, 0.2) is 6.20 Å². The maximum absolute atomic E-state index is 5.34. The van der Waals surface area contributed by atoms with Crippen molar-refractivity contribution in [2.45, 2.75) is 31.2 Å². The zero-order valence-electron chi connectivity index (χ0n) is 9.66. The van der Waals surface area contributed by atoms with E-state index in [1.54, 1.807) is 7.11 Å². The fourth-order valence-corrected chi connectivity index (χ4v) is 2.54. The van der Waals surface area contributed by atoms with Crippen molar-refractivity contribution in [1.29, 1.82) is 0 Å². The summed E-state index contributed by atoms with van der Waals surface area (Å²) >= 11 is 0. The zero-order chi connectivity index (χ0) is 10.8. The first kappa shape index (κ1) is 10.5. The van der Waals surface area contributed by atoms with Gasteiger partial charge in [0.1, 0.15) is 0 Å². The first-order chi connectivity index (χ1) is 7.26. The van der Waals surface area contributed by atoms with E-state index >= 15 is 0 Å². The fraction of sp³-hybridized carbons (Fsp3) is 0.727. The Morgan fingerprint density at radius 2 is 2.33 bits per heavy atom. The number of rotatable bonds is 3. The van der Waals surface area contributed by atoms with Gasteiger partial charge < -0.3 is 10.1 Å². The Balaban J connectivity index is 2.19. The molecule has 1 aliphatic carbocycles. The Labute approximate surface area is 90.6 Å². The molecular weight excluding hydrogens is 190 g/mol. The number of methoxy groups -OCH3 is 1. The monoisotopic (exact) mass is 209 g/mol. The van der Waals surface area contributed by atoms with Crippen molar-refractivity contribution in [3.8, 4) is 5.75 Å². The molecule has 15 heavy (non-hydrogen) atoms. The lowest BCUT2D eigenvalue weighted by Gasteiger charge is -2.13.